The second-order valence-corrected chi connectivity index (χ2v) is 4.83. The van der Waals surface area contributed by atoms with Crippen LogP contribution in [0.4, 0.5) is 0 Å². The zero-order valence-corrected chi connectivity index (χ0v) is 11.3. The van der Waals surface area contributed by atoms with Crippen LogP contribution in [-0.4, -0.2) is 26.4 Å². The summed E-state index contributed by atoms with van der Waals surface area (Å²) in [6, 6.07) is 2.06. The molecule has 1 aromatic heterocycles. The molecule has 1 atom stereocenters. The van der Waals surface area contributed by atoms with Crippen molar-refractivity contribution in [2.75, 3.05) is 20.3 Å². The average molecular weight is 253 g/mol. The van der Waals surface area contributed by atoms with Gasteiger partial charge in [-0.15, -0.1) is 0 Å². The molecule has 4 heteroatoms. The van der Waals surface area contributed by atoms with Gasteiger partial charge < -0.3 is 19.2 Å². The van der Waals surface area contributed by atoms with Crippen molar-refractivity contribution >= 4 is 0 Å². The summed E-state index contributed by atoms with van der Waals surface area (Å²) in [5.41, 5.74) is 1.14. The molecule has 1 saturated heterocycles. The maximum atomic E-state index is 5.73. The van der Waals surface area contributed by atoms with Gasteiger partial charge in [-0.05, 0) is 39.3 Å². The lowest BCUT2D eigenvalue weighted by atomic mass is 10.1. The zero-order chi connectivity index (χ0) is 12.8. The first-order chi connectivity index (χ1) is 8.79. The van der Waals surface area contributed by atoms with Crippen LogP contribution in [0.25, 0.3) is 0 Å². The lowest BCUT2D eigenvalue weighted by Gasteiger charge is -2.22. The SMILES string of the molecule is CNCc1cc(COCC2CCCCO2)c(C)o1. The minimum atomic E-state index is 0.280. The molecule has 0 aliphatic carbocycles. The van der Waals surface area contributed by atoms with Gasteiger partial charge in [0, 0.05) is 12.2 Å². The number of ether oxygens (including phenoxy) is 2. The molecule has 0 amide bonds. The number of rotatable bonds is 6. The van der Waals surface area contributed by atoms with Gasteiger partial charge in [-0.3, -0.25) is 0 Å². The summed E-state index contributed by atoms with van der Waals surface area (Å²) in [5.74, 6) is 1.91. The Balaban J connectivity index is 1.75. The predicted octanol–water partition coefficient (Wildman–Crippen LogP) is 2.39. The van der Waals surface area contributed by atoms with Crippen LogP contribution in [0.3, 0.4) is 0 Å². The Morgan fingerprint density at radius 1 is 1.44 bits per heavy atom. The van der Waals surface area contributed by atoms with E-state index in [4.69, 9.17) is 13.9 Å². The number of hydrogen-bond donors (Lipinski definition) is 1. The van der Waals surface area contributed by atoms with E-state index >= 15 is 0 Å². The van der Waals surface area contributed by atoms with Crippen LogP contribution in [0, 0.1) is 6.92 Å². The van der Waals surface area contributed by atoms with Gasteiger partial charge in [0.1, 0.15) is 11.5 Å². The molecule has 1 aliphatic heterocycles. The molecule has 2 rings (SSSR count). The van der Waals surface area contributed by atoms with Crippen LogP contribution in [-0.2, 0) is 22.6 Å². The first kappa shape index (κ1) is 13.6. The van der Waals surface area contributed by atoms with Crippen LogP contribution in [0.5, 0.6) is 0 Å². The third kappa shape index (κ3) is 3.83. The molecule has 1 fully saturated rings. The molecule has 2 heterocycles. The summed E-state index contributed by atoms with van der Waals surface area (Å²) >= 11 is 0. The van der Waals surface area contributed by atoms with Crippen molar-refractivity contribution < 1.29 is 13.9 Å². The van der Waals surface area contributed by atoms with E-state index in [0.717, 1.165) is 36.7 Å². The number of aryl methyl sites for hydroxylation is 1. The predicted molar refractivity (Wildman–Crippen MR) is 69.5 cm³/mol. The van der Waals surface area contributed by atoms with Gasteiger partial charge >= 0.3 is 0 Å². The van der Waals surface area contributed by atoms with Crippen LogP contribution in [0.1, 0.15) is 36.3 Å². The van der Waals surface area contributed by atoms with Crippen LogP contribution in [0.2, 0.25) is 0 Å². The Hall–Kier alpha value is -0.840. The van der Waals surface area contributed by atoms with Gasteiger partial charge in [0.15, 0.2) is 0 Å². The Kier molecular flexibility index (Phi) is 5.23. The molecule has 1 aliphatic rings. The quantitative estimate of drug-likeness (QED) is 0.845. The summed E-state index contributed by atoms with van der Waals surface area (Å²) in [6.07, 6.45) is 3.84. The standard InChI is InChI=1S/C14H23NO3/c1-11-12(7-14(18-11)8-15-2)9-16-10-13-5-3-4-6-17-13/h7,13,15H,3-6,8-10H2,1-2H3. The zero-order valence-electron chi connectivity index (χ0n) is 11.3. The highest BCUT2D eigenvalue weighted by Gasteiger charge is 2.14. The summed E-state index contributed by atoms with van der Waals surface area (Å²) in [7, 11) is 1.91. The number of hydrogen-bond acceptors (Lipinski definition) is 4. The average Bonchev–Trinajstić information content (AvgIpc) is 2.72. The van der Waals surface area contributed by atoms with E-state index < -0.39 is 0 Å². The van der Waals surface area contributed by atoms with E-state index in [1.165, 1.54) is 12.8 Å². The summed E-state index contributed by atoms with van der Waals surface area (Å²) in [5, 5.41) is 3.08. The van der Waals surface area contributed by atoms with E-state index in [0.29, 0.717) is 13.2 Å². The largest absolute Gasteiger partial charge is 0.465 e. The molecule has 4 nitrogen and oxygen atoms in total. The second-order valence-electron chi connectivity index (χ2n) is 4.83. The molecule has 1 N–H and O–H groups in total. The topological polar surface area (TPSA) is 43.6 Å². The Morgan fingerprint density at radius 2 is 2.33 bits per heavy atom. The van der Waals surface area contributed by atoms with Crippen molar-refractivity contribution in [2.24, 2.45) is 0 Å². The summed E-state index contributed by atoms with van der Waals surface area (Å²) in [6.45, 7) is 4.91. The van der Waals surface area contributed by atoms with E-state index in [2.05, 4.69) is 11.4 Å². The summed E-state index contributed by atoms with van der Waals surface area (Å²) in [4.78, 5) is 0. The smallest absolute Gasteiger partial charge is 0.118 e. The van der Waals surface area contributed by atoms with Gasteiger partial charge in [0.25, 0.3) is 0 Å². The van der Waals surface area contributed by atoms with Gasteiger partial charge in [-0.1, -0.05) is 0 Å². The monoisotopic (exact) mass is 253 g/mol. The van der Waals surface area contributed by atoms with Crippen molar-refractivity contribution in [3.8, 4) is 0 Å². The molecule has 0 radical (unpaired) electrons. The number of nitrogens with one attached hydrogen (secondary N) is 1. The van der Waals surface area contributed by atoms with Crippen molar-refractivity contribution in [3.05, 3.63) is 23.2 Å². The third-order valence-corrected chi connectivity index (χ3v) is 3.26. The fourth-order valence-electron chi connectivity index (χ4n) is 2.23. The van der Waals surface area contributed by atoms with Crippen molar-refractivity contribution in [3.63, 3.8) is 0 Å². The number of furan rings is 1. The molecule has 0 aromatic carbocycles. The van der Waals surface area contributed by atoms with Crippen molar-refractivity contribution in [2.45, 2.75) is 45.4 Å². The van der Waals surface area contributed by atoms with E-state index in [1.54, 1.807) is 0 Å². The summed E-state index contributed by atoms with van der Waals surface area (Å²) < 4.78 is 17.0. The normalized spacial score (nSPS) is 20.2. The first-order valence-electron chi connectivity index (χ1n) is 6.71. The highest BCUT2D eigenvalue weighted by atomic mass is 16.5. The third-order valence-electron chi connectivity index (χ3n) is 3.26. The Labute approximate surface area is 109 Å². The maximum Gasteiger partial charge on any atom is 0.118 e. The van der Waals surface area contributed by atoms with Crippen LogP contribution >= 0.6 is 0 Å². The Morgan fingerprint density at radius 3 is 3.06 bits per heavy atom. The molecular weight excluding hydrogens is 230 g/mol. The minimum absolute atomic E-state index is 0.280. The molecule has 1 aromatic rings. The lowest BCUT2D eigenvalue weighted by Crippen LogP contribution is -2.24. The van der Waals surface area contributed by atoms with Gasteiger partial charge in [-0.2, -0.15) is 0 Å². The Bertz CT molecular complexity index is 356. The molecule has 0 spiro atoms. The highest BCUT2D eigenvalue weighted by molar-refractivity contribution is 5.19. The molecule has 18 heavy (non-hydrogen) atoms. The highest BCUT2D eigenvalue weighted by Crippen LogP contribution is 2.17. The van der Waals surface area contributed by atoms with E-state index in [1.807, 2.05) is 14.0 Å². The van der Waals surface area contributed by atoms with Gasteiger partial charge in [0.05, 0.1) is 25.9 Å². The van der Waals surface area contributed by atoms with Crippen molar-refractivity contribution in [1.82, 2.24) is 5.32 Å². The minimum Gasteiger partial charge on any atom is -0.465 e. The molecule has 102 valence electrons. The fourth-order valence-corrected chi connectivity index (χ4v) is 2.23. The van der Waals surface area contributed by atoms with E-state index in [9.17, 15) is 0 Å². The molecule has 0 saturated carbocycles. The lowest BCUT2D eigenvalue weighted by molar-refractivity contribution is -0.0449. The van der Waals surface area contributed by atoms with Crippen molar-refractivity contribution in [1.29, 1.82) is 0 Å². The van der Waals surface area contributed by atoms with Crippen LogP contribution < -0.4 is 5.32 Å². The van der Waals surface area contributed by atoms with E-state index in [-0.39, 0.29) is 6.10 Å². The first-order valence-corrected chi connectivity index (χ1v) is 6.71. The fraction of sp³-hybridized carbons (Fsp3) is 0.714. The molecule has 0 bridgehead atoms. The maximum absolute atomic E-state index is 5.73. The molecule has 1 unspecified atom stereocenters. The van der Waals surface area contributed by atoms with Crippen LogP contribution in [0.15, 0.2) is 10.5 Å². The molecular formula is C14H23NO3. The second kappa shape index (κ2) is 6.92. The van der Waals surface area contributed by atoms with Gasteiger partial charge in [0.2, 0.25) is 0 Å². The van der Waals surface area contributed by atoms with Gasteiger partial charge in [-0.25, -0.2) is 0 Å².